The van der Waals surface area contributed by atoms with Crippen molar-refractivity contribution >= 4 is 10.0 Å². The Kier molecular flexibility index (Phi) is 4.23. The van der Waals surface area contributed by atoms with Gasteiger partial charge in [-0.3, -0.25) is 0 Å². The Labute approximate surface area is 114 Å². The summed E-state index contributed by atoms with van der Waals surface area (Å²) in [7, 11) is -3.37. The van der Waals surface area contributed by atoms with E-state index in [1.54, 1.807) is 28.6 Å². The summed E-state index contributed by atoms with van der Waals surface area (Å²) >= 11 is 0. The van der Waals surface area contributed by atoms with Crippen molar-refractivity contribution in [3.8, 4) is 6.07 Å². The minimum atomic E-state index is -3.37. The van der Waals surface area contributed by atoms with Gasteiger partial charge in [-0.2, -0.15) is 9.57 Å². The lowest BCUT2D eigenvalue weighted by Gasteiger charge is -2.29. The first-order valence-electron chi connectivity index (χ1n) is 6.50. The normalized spacial score (nSPS) is 18.1. The molecule has 1 fully saturated rings. The van der Waals surface area contributed by atoms with Crippen molar-refractivity contribution in [2.45, 2.75) is 31.1 Å². The average Bonchev–Trinajstić information content (AvgIpc) is 2.40. The van der Waals surface area contributed by atoms with E-state index in [9.17, 15) is 8.42 Å². The lowest BCUT2D eigenvalue weighted by atomic mass is 10.0. The number of nitrogens with zero attached hydrogens (tertiary/aromatic N) is 2. The predicted molar refractivity (Wildman–Crippen MR) is 72.9 cm³/mol. The van der Waals surface area contributed by atoms with E-state index in [1.807, 2.05) is 0 Å². The maximum Gasteiger partial charge on any atom is 0.243 e. The number of hydrogen-bond donors (Lipinski definition) is 0. The number of nitriles is 1. The van der Waals surface area contributed by atoms with E-state index in [4.69, 9.17) is 5.26 Å². The fourth-order valence-electron chi connectivity index (χ4n) is 2.24. The Bertz CT molecular complexity index is 564. The molecule has 0 bridgehead atoms. The van der Waals surface area contributed by atoms with Gasteiger partial charge in [0.05, 0.1) is 17.4 Å². The van der Waals surface area contributed by atoms with E-state index in [2.05, 4.69) is 13.0 Å². The van der Waals surface area contributed by atoms with Crippen LogP contribution >= 0.6 is 0 Å². The van der Waals surface area contributed by atoms with Crippen molar-refractivity contribution in [1.82, 2.24) is 4.31 Å². The molecule has 0 amide bonds. The van der Waals surface area contributed by atoms with Gasteiger partial charge in [0.15, 0.2) is 0 Å². The van der Waals surface area contributed by atoms with Crippen LogP contribution in [0.2, 0.25) is 0 Å². The summed E-state index contributed by atoms with van der Waals surface area (Å²) in [5, 5.41) is 8.60. The zero-order valence-electron chi connectivity index (χ0n) is 11.0. The van der Waals surface area contributed by atoms with Gasteiger partial charge in [-0.15, -0.1) is 0 Å². The van der Waals surface area contributed by atoms with E-state index in [1.165, 1.54) is 0 Å². The minimum absolute atomic E-state index is 0.307. The molecule has 0 aromatic heterocycles. The molecule has 0 spiro atoms. The molecule has 1 saturated heterocycles. The molecule has 1 aromatic rings. The lowest BCUT2D eigenvalue weighted by Crippen LogP contribution is -2.37. The van der Waals surface area contributed by atoms with Crippen molar-refractivity contribution in [1.29, 1.82) is 5.26 Å². The third-order valence-electron chi connectivity index (χ3n) is 3.59. The molecule has 2 rings (SSSR count). The first-order valence-corrected chi connectivity index (χ1v) is 7.94. The topological polar surface area (TPSA) is 61.2 Å². The Hall–Kier alpha value is -1.38. The van der Waals surface area contributed by atoms with Gasteiger partial charge in [0.2, 0.25) is 10.0 Å². The molecule has 0 saturated carbocycles. The van der Waals surface area contributed by atoms with E-state index in [-0.39, 0.29) is 0 Å². The van der Waals surface area contributed by atoms with Crippen LogP contribution in [-0.2, 0) is 16.4 Å². The Morgan fingerprint density at radius 3 is 2.37 bits per heavy atom. The number of sulfonamides is 1. The van der Waals surface area contributed by atoms with Gasteiger partial charge >= 0.3 is 0 Å². The molecule has 0 N–H and O–H groups in total. The zero-order chi connectivity index (χ0) is 13.9. The van der Waals surface area contributed by atoms with Crippen LogP contribution in [0.4, 0.5) is 0 Å². The first-order chi connectivity index (χ1) is 9.04. The fourth-order valence-corrected chi connectivity index (χ4v) is 3.71. The van der Waals surface area contributed by atoms with Crippen molar-refractivity contribution in [2.75, 3.05) is 13.1 Å². The minimum Gasteiger partial charge on any atom is -0.207 e. The van der Waals surface area contributed by atoms with Crippen molar-refractivity contribution in [2.24, 2.45) is 5.92 Å². The molecule has 1 aromatic carbocycles. The van der Waals surface area contributed by atoms with E-state index in [0.29, 0.717) is 30.3 Å². The van der Waals surface area contributed by atoms with Crippen LogP contribution in [0.3, 0.4) is 0 Å². The zero-order valence-corrected chi connectivity index (χ0v) is 11.9. The van der Waals surface area contributed by atoms with Crippen LogP contribution in [0, 0.1) is 17.2 Å². The first kappa shape index (κ1) is 14.0. The molecule has 1 aliphatic heterocycles. The van der Waals surface area contributed by atoms with Crippen molar-refractivity contribution < 1.29 is 8.42 Å². The molecule has 0 aliphatic carbocycles. The van der Waals surface area contributed by atoms with Gasteiger partial charge in [0.1, 0.15) is 0 Å². The SMILES string of the molecule is CC1CCN(S(=O)(=O)c2ccc(CC#N)cc2)CC1. The number of benzene rings is 1. The van der Waals surface area contributed by atoms with Crippen molar-refractivity contribution in [3.05, 3.63) is 29.8 Å². The summed E-state index contributed by atoms with van der Waals surface area (Å²) in [6.45, 7) is 3.35. The molecule has 0 unspecified atom stereocenters. The smallest absolute Gasteiger partial charge is 0.207 e. The maximum absolute atomic E-state index is 12.4. The monoisotopic (exact) mass is 278 g/mol. The fraction of sp³-hybridized carbons (Fsp3) is 0.500. The molecule has 5 heteroatoms. The van der Waals surface area contributed by atoms with Crippen LogP contribution in [0.25, 0.3) is 0 Å². The largest absolute Gasteiger partial charge is 0.243 e. The molecule has 0 atom stereocenters. The quantitative estimate of drug-likeness (QED) is 0.851. The highest BCUT2D eigenvalue weighted by Gasteiger charge is 2.27. The van der Waals surface area contributed by atoms with Gasteiger partial charge in [-0.1, -0.05) is 19.1 Å². The molecule has 1 aliphatic rings. The summed E-state index contributed by atoms with van der Waals surface area (Å²) in [5.41, 5.74) is 0.841. The highest BCUT2D eigenvalue weighted by molar-refractivity contribution is 7.89. The second-order valence-corrected chi connectivity index (χ2v) is 7.00. The number of rotatable bonds is 3. The highest BCUT2D eigenvalue weighted by atomic mass is 32.2. The molecule has 0 radical (unpaired) electrons. The summed E-state index contributed by atoms with van der Waals surface area (Å²) < 4.78 is 26.4. The van der Waals surface area contributed by atoms with Gasteiger partial charge in [0.25, 0.3) is 0 Å². The van der Waals surface area contributed by atoms with Crippen LogP contribution in [0.15, 0.2) is 29.2 Å². The molecule has 19 heavy (non-hydrogen) atoms. The molecular formula is C14H18N2O2S. The van der Waals surface area contributed by atoms with Crippen LogP contribution < -0.4 is 0 Å². The summed E-state index contributed by atoms with van der Waals surface area (Å²) in [6, 6.07) is 8.67. The Morgan fingerprint density at radius 2 is 1.84 bits per heavy atom. The third-order valence-corrected chi connectivity index (χ3v) is 5.50. The van der Waals surface area contributed by atoms with Gasteiger partial charge in [-0.05, 0) is 36.5 Å². The van der Waals surface area contributed by atoms with E-state index in [0.717, 1.165) is 18.4 Å². The molecular weight excluding hydrogens is 260 g/mol. The molecule has 4 nitrogen and oxygen atoms in total. The summed E-state index contributed by atoms with van der Waals surface area (Å²) in [6.07, 6.45) is 2.15. The maximum atomic E-state index is 12.4. The standard InChI is InChI=1S/C14H18N2O2S/c1-12-7-10-16(11-8-12)19(17,18)14-4-2-13(3-5-14)6-9-15/h2-5,12H,6-8,10-11H2,1H3. The lowest BCUT2D eigenvalue weighted by molar-refractivity contribution is 0.288. The Morgan fingerprint density at radius 1 is 1.26 bits per heavy atom. The Balaban J connectivity index is 2.17. The summed E-state index contributed by atoms with van der Waals surface area (Å²) in [4.78, 5) is 0.323. The highest BCUT2D eigenvalue weighted by Crippen LogP contribution is 2.23. The van der Waals surface area contributed by atoms with Crippen LogP contribution in [0.1, 0.15) is 25.3 Å². The van der Waals surface area contributed by atoms with E-state index < -0.39 is 10.0 Å². The molecule has 1 heterocycles. The number of hydrogen-bond acceptors (Lipinski definition) is 3. The number of piperidine rings is 1. The van der Waals surface area contributed by atoms with Crippen LogP contribution in [0.5, 0.6) is 0 Å². The molecule has 102 valence electrons. The second-order valence-electron chi connectivity index (χ2n) is 5.07. The average molecular weight is 278 g/mol. The van der Waals surface area contributed by atoms with Gasteiger partial charge in [-0.25, -0.2) is 8.42 Å². The van der Waals surface area contributed by atoms with Crippen LogP contribution in [-0.4, -0.2) is 25.8 Å². The van der Waals surface area contributed by atoms with Gasteiger partial charge in [0, 0.05) is 13.1 Å². The third kappa shape index (κ3) is 3.14. The second kappa shape index (κ2) is 5.72. The van der Waals surface area contributed by atoms with Crippen molar-refractivity contribution in [3.63, 3.8) is 0 Å². The van der Waals surface area contributed by atoms with Gasteiger partial charge < -0.3 is 0 Å². The summed E-state index contributed by atoms with van der Waals surface area (Å²) in [5.74, 6) is 0.601. The van der Waals surface area contributed by atoms with E-state index >= 15 is 0 Å². The predicted octanol–water partition coefficient (Wildman–Crippen LogP) is 2.17.